The van der Waals surface area contributed by atoms with Gasteiger partial charge < -0.3 is 0 Å². The molecule has 2 bridgehead atoms. The molecule has 0 N–H and O–H groups in total. The highest BCUT2D eigenvalue weighted by atomic mass is 15.2. The Hall–Kier alpha value is -0.400. The van der Waals surface area contributed by atoms with Crippen LogP contribution in [0.1, 0.15) is 19.3 Å². The highest BCUT2D eigenvalue weighted by Crippen LogP contribution is 2.30. The average Bonchev–Trinajstić information content (AvgIpc) is 2.22. The minimum atomic E-state index is 0.630. The molecule has 2 unspecified atom stereocenters. The van der Waals surface area contributed by atoms with Crippen molar-refractivity contribution < 1.29 is 0 Å². The minimum Gasteiger partial charge on any atom is -0.190 e. The Labute approximate surface area is 42.6 Å². The summed E-state index contributed by atoms with van der Waals surface area (Å²) in [6, 6.07) is 1.26. The summed E-state index contributed by atoms with van der Waals surface area (Å²) in [5.74, 6) is 0. The number of fused-ring (bicyclic) bond motifs is 2. The van der Waals surface area contributed by atoms with E-state index in [-0.39, 0.29) is 0 Å². The van der Waals surface area contributed by atoms with E-state index in [1.165, 1.54) is 19.3 Å². The maximum absolute atomic E-state index is 4.03. The van der Waals surface area contributed by atoms with Gasteiger partial charge in [0.25, 0.3) is 0 Å². The fourth-order valence-electron chi connectivity index (χ4n) is 1.33. The van der Waals surface area contributed by atoms with Gasteiger partial charge in [-0.05, 0) is 19.3 Å². The summed E-state index contributed by atoms with van der Waals surface area (Å²) < 4.78 is 0. The lowest BCUT2D eigenvalue weighted by molar-refractivity contribution is 0.643. The summed E-state index contributed by atoms with van der Waals surface area (Å²) in [6.07, 6.45) is 3.85. The number of nitrogens with zero attached hydrogens (tertiary/aromatic N) is 2. The molecule has 2 rings (SSSR count). The number of hydrogen-bond acceptors (Lipinski definition) is 2. The molecule has 0 radical (unpaired) electrons. The fourth-order valence-corrected chi connectivity index (χ4v) is 1.33. The van der Waals surface area contributed by atoms with Crippen molar-refractivity contribution in [1.82, 2.24) is 0 Å². The molecule has 0 aromatic heterocycles. The van der Waals surface area contributed by atoms with Crippen LogP contribution in [0.3, 0.4) is 0 Å². The zero-order valence-electron chi connectivity index (χ0n) is 4.17. The lowest BCUT2D eigenvalue weighted by Crippen LogP contribution is -1.89. The van der Waals surface area contributed by atoms with E-state index in [2.05, 4.69) is 10.2 Å². The highest BCUT2D eigenvalue weighted by Gasteiger charge is 2.28. The predicted molar refractivity (Wildman–Crippen MR) is 26.3 cm³/mol. The van der Waals surface area contributed by atoms with Gasteiger partial charge in [-0.1, -0.05) is 0 Å². The molecule has 2 aliphatic rings. The van der Waals surface area contributed by atoms with Crippen LogP contribution in [0.5, 0.6) is 0 Å². The van der Waals surface area contributed by atoms with Gasteiger partial charge >= 0.3 is 0 Å². The Morgan fingerprint density at radius 2 is 1.57 bits per heavy atom. The molecule has 1 saturated carbocycles. The molecule has 2 nitrogen and oxygen atoms in total. The van der Waals surface area contributed by atoms with E-state index in [0.29, 0.717) is 12.1 Å². The first-order valence-corrected chi connectivity index (χ1v) is 2.85. The Morgan fingerprint density at radius 3 is 1.71 bits per heavy atom. The third-order valence-corrected chi connectivity index (χ3v) is 1.77. The molecule has 38 valence electrons. The van der Waals surface area contributed by atoms with Crippen molar-refractivity contribution in [3.8, 4) is 0 Å². The molecule has 0 aromatic rings. The largest absolute Gasteiger partial charge is 0.190 e. The Balaban J connectivity index is 2.27. The summed E-state index contributed by atoms with van der Waals surface area (Å²) in [5.41, 5.74) is 0. The summed E-state index contributed by atoms with van der Waals surface area (Å²) in [5, 5.41) is 8.06. The van der Waals surface area contributed by atoms with Crippen LogP contribution in [-0.4, -0.2) is 12.1 Å². The summed E-state index contributed by atoms with van der Waals surface area (Å²) in [4.78, 5) is 0. The standard InChI is InChI=1S/C5H8N2/c1-2-5-3-4(1)6-7-5/h4-5H,1-3H2. The second-order valence-corrected chi connectivity index (χ2v) is 2.35. The zero-order valence-corrected chi connectivity index (χ0v) is 4.17. The van der Waals surface area contributed by atoms with E-state index in [4.69, 9.17) is 0 Å². The first-order chi connectivity index (χ1) is 3.45. The van der Waals surface area contributed by atoms with E-state index in [1.54, 1.807) is 0 Å². The van der Waals surface area contributed by atoms with Crippen molar-refractivity contribution in [3.05, 3.63) is 0 Å². The van der Waals surface area contributed by atoms with Crippen LogP contribution >= 0.6 is 0 Å². The molecular formula is C5H8N2. The van der Waals surface area contributed by atoms with Crippen LogP contribution in [0.15, 0.2) is 10.2 Å². The first-order valence-electron chi connectivity index (χ1n) is 2.85. The van der Waals surface area contributed by atoms with Crippen molar-refractivity contribution in [1.29, 1.82) is 0 Å². The molecule has 7 heavy (non-hydrogen) atoms. The van der Waals surface area contributed by atoms with E-state index in [0.717, 1.165) is 0 Å². The third-order valence-electron chi connectivity index (χ3n) is 1.77. The SMILES string of the molecule is C1CC2CC1N=N2. The molecule has 2 heteroatoms. The number of azo groups is 1. The topological polar surface area (TPSA) is 24.7 Å². The molecular weight excluding hydrogens is 88.1 g/mol. The van der Waals surface area contributed by atoms with E-state index in [9.17, 15) is 0 Å². The molecule has 1 aliphatic carbocycles. The average molecular weight is 96.1 g/mol. The van der Waals surface area contributed by atoms with Crippen LogP contribution in [0.2, 0.25) is 0 Å². The molecule has 0 aromatic carbocycles. The molecule has 0 amide bonds. The highest BCUT2D eigenvalue weighted by molar-refractivity contribution is 4.88. The quantitative estimate of drug-likeness (QED) is 0.435. The van der Waals surface area contributed by atoms with Gasteiger partial charge in [-0.3, -0.25) is 0 Å². The monoisotopic (exact) mass is 96.1 g/mol. The minimum absolute atomic E-state index is 0.630. The lowest BCUT2D eigenvalue weighted by Gasteiger charge is -1.95. The molecule has 0 spiro atoms. The second-order valence-electron chi connectivity index (χ2n) is 2.35. The smallest absolute Gasteiger partial charge is 0.0730 e. The van der Waals surface area contributed by atoms with Gasteiger partial charge in [-0.2, -0.15) is 10.2 Å². The van der Waals surface area contributed by atoms with Crippen LogP contribution < -0.4 is 0 Å². The maximum Gasteiger partial charge on any atom is 0.0730 e. The Morgan fingerprint density at radius 1 is 1.00 bits per heavy atom. The Bertz CT molecular complexity index is 96.6. The molecule has 0 saturated heterocycles. The fraction of sp³-hybridized carbons (Fsp3) is 1.00. The van der Waals surface area contributed by atoms with Gasteiger partial charge in [0.1, 0.15) is 0 Å². The van der Waals surface area contributed by atoms with Gasteiger partial charge in [0.15, 0.2) is 0 Å². The second kappa shape index (κ2) is 1.05. The van der Waals surface area contributed by atoms with Gasteiger partial charge in [0.2, 0.25) is 0 Å². The van der Waals surface area contributed by atoms with Gasteiger partial charge in [0.05, 0.1) is 12.1 Å². The predicted octanol–water partition coefficient (Wildman–Crippen LogP) is 1.37. The van der Waals surface area contributed by atoms with Crippen LogP contribution in [0.25, 0.3) is 0 Å². The van der Waals surface area contributed by atoms with E-state index >= 15 is 0 Å². The van der Waals surface area contributed by atoms with Gasteiger partial charge in [-0.15, -0.1) is 0 Å². The lowest BCUT2D eigenvalue weighted by atomic mass is 10.3. The van der Waals surface area contributed by atoms with Crippen LogP contribution in [-0.2, 0) is 0 Å². The first kappa shape index (κ1) is 3.58. The molecule has 1 heterocycles. The number of hydrogen-bond donors (Lipinski definition) is 0. The van der Waals surface area contributed by atoms with E-state index < -0.39 is 0 Å². The normalized spacial score (nSPS) is 45.7. The molecule has 1 fully saturated rings. The Kier molecular flexibility index (Phi) is 0.540. The molecule has 1 aliphatic heterocycles. The van der Waals surface area contributed by atoms with Crippen LogP contribution in [0.4, 0.5) is 0 Å². The van der Waals surface area contributed by atoms with Crippen molar-refractivity contribution >= 4 is 0 Å². The molecule has 2 atom stereocenters. The summed E-state index contributed by atoms with van der Waals surface area (Å²) >= 11 is 0. The van der Waals surface area contributed by atoms with Gasteiger partial charge in [-0.25, -0.2) is 0 Å². The van der Waals surface area contributed by atoms with Crippen molar-refractivity contribution in [2.75, 3.05) is 0 Å². The maximum atomic E-state index is 4.03. The van der Waals surface area contributed by atoms with Crippen molar-refractivity contribution in [3.63, 3.8) is 0 Å². The van der Waals surface area contributed by atoms with Crippen LogP contribution in [0, 0.1) is 0 Å². The summed E-state index contributed by atoms with van der Waals surface area (Å²) in [6.45, 7) is 0. The van der Waals surface area contributed by atoms with Crippen molar-refractivity contribution in [2.45, 2.75) is 31.3 Å². The summed E-state index contributed by atoms with van der Waals surface area (Å²) in [7, 11) is 0. The zero-order chi connectivity index (χ0) is 4.69. The van der Waals surface area contributed by atoms with Crippen molar-refractivity contribution in [2.24, 2.45) is 10.2 Å². The number of rotatable bonds is 0. The third kappa shape index (κ3) is 0.392. The van der Waals surface area contributed by atoms with Gasteiger partial charge in [0, 0.05) is 0 Å². The van der Waals surface area contributed by atoms with E-state index in [1.807, 2.05) is 0 Å².